The van der Waals surface area contributed by atoms with Crippen molar-refractivity contribution in [2.24, 2.45) is 0 Å². The molecule has 0 aromatic heterocycles. The van der Waals surface area contributed by atoms with Crippen LogP contribution in [-0.2, 0) is 0 Å². The first kappa shape index (κ1) is 10.2. The number of carbonyl (C=O) groups is 1. The van der Waals surface area contributed by atoms with Gasteiger partial charge in [0, 0.05) is 31.7 Å². The second-order valence-electron chi connectivity index (χ2n) is 3.87. The number of amides is 1. The van der Waals surface area contributed by atoms with E-state index >= 15 is 0 Å². The number of rotatable bonds is 1. The highest BCUT2D eigenvalue weighted by atomic mass is 16.2. The van der Waals surface area contributed by atoms with Crippen molar-refractivity contribution in [3.8, 4) is 0 Å². The van der Waals surface area contributed by atoms with Crippen LogP contribution in [0, 0.1) is 6.07 Å². The van der Waals surface area contributed by atoms with E-state index in [1.165, 1.54) is 0 Å². The predicted octanol–water partition coefficient (Wildman–Crippen LogP) is 0.874. The van der Waals surface area contributed by atoms with Crippen molar-refractivity contribution in [1.82, 2.24) is 9.80 Å². The van der Waals surface area contributed by atoms with Crippen LogP contribution in [0.2, 0.25) is 0 Å². The molecule has 1 heterocycles. The van der Waals surface area contributed by atoms with E-state index in [1.807, 2.05) is 23.1 Å². The quantitative estimate of drug-likeness (QED) is 0.676. The van der Waals surface area contributed by atoms with Crippen LogP contribution in [0.5, 0.6) is 0 Å². The van der Waals surface area contributed by atoms with E-state index < -0.39 is 0 Å². The minimum atomic E-state index is 0.101. The van der Waals surface area contributed by atoms with Gasteiger partial charge in [0.1, 0.15) is 0 Å². The number of hydrogen-bond acceptors (Lipinski definition) is 2. The highest BCUT2D eigenvalue weighted by Gasteiger charge is 2.19. The third kappa shape index (κ3) is 2.36. The van der Waals surface area contributed by atoms with Crippen LogP contribution < -0.4 is 0 Å². The Morgan fingerprint density at radius 2 is 2.00 bits per heavy atom. The minimum absolute atomic E-state index is 0.101. The van der Waals surface area contributed by atoms with Gasteiger partial charge in [-0.05, 0) is 19.2 Å². The van der Waals surface area contributed by atoms with E-state index in [9.17, 15) is 4.79 Å². The molecule has 1 saturated heterocycles. The molecule has 1 amide bonds. The topological polar surface area (TPSA) is 23.6 Å². The Labute approximate surface area is 90.3 Å². The molecule has 1 aromatic carbocycles. The molecule has 1 fully saturated rings. The highest BCUT2D eigenvalue weighted by Crippen LogP contribution is 2.06. The summed E-state index contributed by atoms with van der Waals surface area (Å²) >= 11 is 0. The summed E-state index contributed by atoms with van der Waals surface area (Å²) in [7, 11) is 2.08. The maximum Gasteiger partial charge on any atom is 0.254 e. The van der Waals surface area contributed by atoms with Crippen molar-refractivity contribution in [2.45, 2.75) is 0 Å². The number of hydrogen-bond donors (Lipinski definition) is 0. The molecule has 1 aliphatic rings. The van der Waals surface area contributed by atoms with Crippen LogP contribution >= 0.6 is 0 Å². The zero-order valence-corrected chi connectivity index (χ0v) is 8.94. The first-order chi connectivity index (χ1) is 7.27. The normalized spacial score (nSPS) is 17.8. The Bertz CT molecular complexity index is 329. The molecule has 0 aliphatic carbocycles. The van der Waals surface area contributed by atoms with E-state index in [-0.39, 0.29) is 5.91 Å². The van der Waals surface area contributed by atoms with E-state index in [2.05, 4.69) is 18.0 Å². The average molecular weight is 203 g/mol. The Kier molecular flexibility index (Phi) is 3.02. The SMILES string of the molecule is CN1CCN(C(=O)c2[c]cccc2)CC1. The monoisotopic (exact) mass is 203 g/mol. The number of likely N-dealkylation sites (N-methyl/N-ethyl adjacent to an activating group) is 1. The summed E-state index contributed by atoms with van der Waals surface area (Å²) in [5.74, 6) is 0.101. The van der Waals surface area contributed by atoms with Crippen molar-refractivity contribution in [2.75, 3.05) is 33.2 Å². The second-order valence-corrected chi connectivity index (χ2v) is 3.87. The van der Waals surface area contributed by atoms with E-state index in [1.54, 1.807) is 6.07 Å². The molecule has 2 rings (SSSR count). The molecular weight excluding hydrogens is 188 g/mol. The molecule has 0 spiro atoms. The Morgan fingerprint density at radius 1 is 1.27 bits per heavy atom. The molecule has 0 atom stereocenters. The summed E-state index contributed by atoms with van der Waals surface area (Å²) in [6.45, 7) is 3.55. The van der Waals surface area contributed by atoms with Crippen LogP contribution in [-0.4, -0.2) is 48.9 Å². The van der Waals surface area contributed by atoms with Gasteiger partial charge in [0.05, 0.1) is 0 Å². The van der Waals surface area contributed by atoms with Crippen LogP contribution in [0.25, 0.3) is 0 Å². The molecule has 79 valence electrons. The third-order valence-electron chi connectivity index (χ3n) is 2.73. The Balaban J connectivity index is 2.03. The molecule has 1 radical (unpaired) electrons. The average Bonchev–Trinajstić information content (AvgIpc) is 2.30. The minimum Gasteiger partial charge on any atom is -0.336 e. The first-order valence-electron chi connectivity index (χ1n) is 5.22. The molecule has 3 heteroatoms. The van der Waals surface area contributed by atoms with Crippen LogP contribution in [0.1, 0.15) is 10.4 Å². The summed E-state index contributed by atoms with van der Waals surface area (Å²) in [5, 5.41) is 0. The molecule has 0 saturated carbocycles. The predicted molar refractivity (Wildman–Crippen MR) is 58.7 cm³/mol. The fraction of sp³-hybridized carbons (Fsp3) is 0.417. The molecule has 0 bridgehead atoms. The second kappa shape index (κ2) is 4.45. The fourth-order valence-corrected chi connectivity index (χ4v) is 1.71. The summed E-state index contributed by atoms with van der Waals surface area (Å²) in [6, 6.07) is 10.3. The summed E-state index contributed by atoms with van der Waals surface area (Å²) in [4.78, 5) is 16.1. The largest absolute Gasteiger partial charge is 0.336 e. The van der Waals surface area contributed by atoms with Gasteiger partial charge in [0.15, 0.2) is 0 Å². The van der Waals surface area contributed by atoms with Gasteiger partial charge >= 0.3 is 0 Å². The molecule has 3 nitrogen and oxygen atoms in total. The zero-order chi connectivity index (χ0) is 10.7. The van der Waals surface area contributed by atoms with Crippen molar-refractivity contribution in [3.05, 3.63) is 35.9 Å². The third-order valence-corrected chi connectivity index (χ3v) is 2.73. The lowest BCUT2D eigenvalue weighted by molar-refractivity contribution is 0.0664. The lowest BCUT2D eigenvalue weighted by Crippen LogP contribution is -2.47. The first-order valence-corrected chi connectivity index (χ1v) is 5.22. The molecule has 1 aromatic rings. The maximum atomic E-state index is 12.0. The van der Waals surface area contributed by atoms with Crippen LogP contribution in [0.3, 0.4) is 0 Å². The smallest absolute Gasteiger partial charge is 0.254 e. The van der Waals surface area contributed by atoms with Gasteiger partial charge in [-0.2, -0.15) is 0 Å². The fourth-order valence-electron chi connectivity index (χ4n) is 1.71. The molecule has 1 aliphatic heterocycles. The standard InChI is InChI=1S/C12H15N2O/c1-13-7-9-14(10-8-13)12(15)11-5-3-2-4-6-11/h2-5H,7-10H2,1H3. The molecular formula is C12H15N2O. The Hall–Kier alpha value is -1.35. The number of benzene rings is 1. The van der Waals surface area contributed by atoms with E-state index in [0.29, 0.717) is 5.56 Å². The van der Waals surface area contributed by atoms with Gasteiger partial charge in [-0.3, -0.25) is 4.79 Å². The summed E-state index contributed by atoms with van der Waals surface area (Å²) in [5.41, 5.74) is 0.669. The lowest BCUT2D eigenvalue weighted by atomic mass is 10.2. The lowest BCUT2D eigenvalue weighted by Gasteiger charge is -2.32. The van der Waals surface area contributed by atoms with Crippen molar-refractivity contribution in [3.63, 3.8) is 0 Å². The van der Waals surface area contributed by atoms with Gasteiger partial charge in [-0.25, -0.2) is 0 Å². The van der Waals surface area contributed by atoms with Gasteiger partial charge in [0.25, 0.3) is 5.91 Å². The highest BCUT2D eigenvalue weighted by molar-refractivity contribution is 5.93. The van der Waals surface area contributed by atoms with Crippen LogP contribution in [0.15, 0.2) is 24.3 Å². The van der Waals surface area contributed by atoms with Crippen molar-refractivity contribution < 1.29 is 4.79 Å². The zero-order valence-electron chi connectivity index (χ0n) is 8.94. The van der Waals surface area contributed by atoms with Crippen molar-refractivity contribution >= 4 is 5.91 Å². The number of nitrogens with zero attached hydrogens (tertiary/aromatic N) is 2. The van der Waals surface area contributed by atoms with Crippen molar-refractivity contribution in [1.29, 1.82) is 0 Å². The van der Waals surface area contributed by atoms with Gasteiger partial charge in [-0.1, -0.05) is 18.2 Å². The summed E-state index contributed by atoms with van der Waals surface area (Å²) in [6.07, 6.45) is 0. The number of piperazine rings is 1. The summed E-state index contributed by atoms with van der Waals surface area (Å²) < 4.78 is 0. The Morgan fingerprint density at radius 3 is 2.60 bits per heavy atom. The van der Waals surface area contributed by atoms with E-state index in [0.717, 1.165) is 26.2 Å². The molecule has 15 heavy (non-hydrogen) atoms. The van der Waals surface area contributed by atoms with Crippen LogP contribution in [0.4, 0.5) is 0 Å². The number of carbonyl (C=O) groups excluding carboxylic acids is 1. The molecule has 0 N–H and O–H groups in total. The van der Waals surface area contributed by atoms with Gasteiger partial charge in [0.2, 0.25) is 0 Å². The molecule has 0 unspecified atom stereocenters. The maximum absolute atomic E-state index is 12.0. The van der Waals surface area contributed by atoms with E-state index in [4.69, 9.17) is 0 Å². The van der Waals surface area contributed by atoms with Gasteiger partial charge in [-0.15, -0.1) is 0 Å². The van der Waals surface area contributed by atoms with Gasteiger partial charge < -0.3 is 9.80 Å².